The van der Waals surface area contributed by atoms with Crippen LogP contribution in [-0.4, -0.2) is 43.3 Å². The average molecular weight is 469 g/mol. The van der Waals surface area contributed by atoms with Crippen molar-refractivity contribution >= 4 is 18.0 Å². The summed E-state index contributed by atoms with van der Waals surface area (Å²) >= 11 is 0. The van der Waals surface area contributed by atoms with Gasteiger partial charge in [-0.1, -0.05) is 61.6 Å². The molecule has 2 N–H and O–H groups in total. The molecule has 0 radical (unpaired) electrons. The molecule has 8 nitrogen and oxygen atoms in total. The molecule has 8 heteroatoms. The molecule has 0 saturated heterocycles. The van der Waals surface area contributed by atoms with Gasteiger partial charge in [-0.05, 0) is 31.2 Å². The van der Waals surface area contributed by atoms with E-state index in [1.807, 2.05) is 60.8 Å². The lowest BCUT2D eigenvalue weighted by molar-refractivity contribution is -0.164. The third-order valence-electron chi connectivity index (χ3n) is 5.94. The highest BCUT2D eigenvalue weighted by molar-refractivity contribution is 5.95. The molecule has 4 unspecified atom stereocenters. The summed E-state index contributed by atoms with van der Waals surface area (Å²) in [5.74, 6) is -3.27. The minimum Gasteiger partial charge on any atom is -0.465 e. The highest BCUT2D eigenvalue weighted by Crippen LogP contribution is 2.34. The molecule has 2 aliphatic rings. The summed E-state index contributed by atoms with van der Waals surface area (Å²) < 4.78 is 15.8. The van der Waals surface area contributed by atoms with Crippen LogP contribution in [0.25, 0.3) is 0 Å². The van der Waals surface area contributed by atoms with Gasteiger partial charge in [0.1, 0.15) is 6.61 Å². The number of nitrogens with one attached hydrogen (secondary N) is 2. The Bertz CT molecular complexity index is 937. The van der Waals surface area contributed by atoms with E-state index < -0.39 is 35.9 Å². The molecule has 1 amide bonds. The molecule has 182 valence electrons. The normalized spacial score (nSPS) is 19.9. The number of fused-ring (bicyclic) bond motifs is 1. The fourth-order valence-electron chi connectivity index (χ4n) is 4.26. The highest BCUT2D eigenvalue weighted by atomic mass is 16.6. The van der Waals surface area contributed by atoms with Gasteiger partial charge in [-0.25, -0.2) is 4.79 Å². The van der Waals surface area contributed by atoms with Gasteiger partial charge in [-0.2, -0.15) is 0 Å². The van der Waals surface area contributed by atoms with Crippen molar-refractivity contribution in [3.8, 4) is 0 Å². The number of allylic oxidation sites excluding steroid dienone is 2. The van der Waals surface area contributed by atoms with E-state index in [-0.39, 0.29) is 31.8 Å². The van der Waals surface area contributed by atoms with E-state index >= 15 is 0 Å². The van der Waals surface area contributed by atoms with Crippen molar-refractivity contribution in [2.75, 3.05) is 13.2 Å². The van der Waals surface area contributed by atoms with Crippen molar-refractivity contribution in [2.45, 2.75) is 39.5 Å². The number of carbonyl (C=O) groups is 3. The van der Waals surface area contributed by atoms with Crippen molar-refractivity contribution < 1.29 is 28.6 Å². The van der Waals surface area contributed by atoms with Crippen LogP contribution in [0.5, 0.6) is 0 Å². The second kappa shape index (κ2) is 12.1. The molecule has 0 fully saturated rings. The van der Waals surface area contributed by atoms with Crippen LogP contribution in [0.4, 0.5) is 4.79 Å². The zero-order chi connectivity index (χ0) is 24.5. The Hall–Kier alpha value is -3.55. The van der Waals surface area contributed by atoms with Gasteiger partial charge in [-0.3, -0.25) is 9.59 Å². The van der Waals surface area contributed by atoms with Crippen molar-refractivity contribution in [1.82, 2.24) is 10.6 Å². The van der Waals surface area contributed by atoms with Crippen LogP contribution in [0.15, 0.2) is 66.4 Å². The quantitative estimate of drug-likeness (QED) is 0.309. The highest BCUT2D eigenvalue weighted by Gasteiger charge is 2.44. The molecule has 0 bridgehead atoms. The van der Waals surface area contributed by atoms with Crippen LogP contribution in [0.3, 0.4) is 0 Å². The number of hydrogen-bond donors (Lipinski definition) is 2. The molecular formula is C26H32N2O6. The SMILES string of the molecule is CCOC(=O)C(C(=O)OCC)C(C)C(NC(=O)OCc1ccccc1)C1=CNC2C=CC=CC12. The van der Waals surface area contributed by atoms with Gasteiger partial charge in [0.2, 0.25) is 0 Å². The molecule has 1 aromatic carbocycles. The number of benzene rings is 1. The summed E-state index contributed by atoms with van der Waals surface area (Å²) in [6.45, 7) is 5.43. The third kappa shape index (κ3) is 6.07. The fourth-order valence-corrected chi connectivity index (χ4v) is 4.26. The molecular weight excluding hydrogens is 436 g/mol. The zero-order valence-electron chi connectivity index (χ0n) is 19.7. The Balaban J connectivity index is 1.84. The monoisotopic (exact) mass is 468 g/mol. The predicted octanol–water partition coefficient (Wildman–Crippen LogP) is 3.26. The van der Waals surface area contributed by atoms with Gasteiger partial charge in [-0.15, -0.1) is 0 Å². The number of esters is 2. The third-order valence-corrected chi connectivity index (χ3v) is 5.94. The first kappa shape index (κ1) is 25.1. The van der Waals surface area contributed by atoms with E-state index in [1.54, 1.807) is 20.8 Å². The molecule has 3 rings (SSSR count). The Kier molecular flexibility index (Phi) is 8.90. The maximum atomic E-state index is 12.8. The van der Waals surface area contributed by atoms with Crippen molar-refractivity contribution in [3.63, 3.8) is 0 Å². The number of amides is 1. The number of hydrogen-bond acceptors (Lipinski definition) is 7. The first-order valence-electron chi connectivity index (χ1n) is 11.6. The van der Waals surface area contributed by atoms with Gasteiger partial charge in [0, 0.05) is 11.8 Å². The Morgan fingerprint density at radius 3 is 2.26 bits per heavy atom. The standard InChI is InChI=1S/C26H32N2O6/c1-4-32-24(29)22(25(30)33-5-2)17(3)23(20-15-27-21-14-10-9-13-19(20)21)28-26(31)34-16-18-11-7-6-8-12-18/h6-15,17,19,21-23,27H,4-5,16H2,1-3H3,(H,28,31). The summed E-state index contributed by atoms with van der Waals surface area (Å²) in [6.07, 6.45) is 9.12. The second-order valence-corrected chi connectivity index (χ2v) is 8.16. The minimum atomic E-state index is -1.21. The smallest absolute Gasteiger partial charge is 0.407 e. The van der Waals surface area contributed by atoms with Gasteiger partial charge in [0.25, 0.3) is 0 Å². The van der Waals surface area contributed by atoms with Crippen LogP contribution in [0.2, 0.25) is 0 Å². The van der Waals surface area contributed by atoms with E-state index in [9.17, 15) is 14.4 Å². The lowest BCUT2D eigenvalue weighted by atomic mass is 9.78. The summed E-state index contributed by atoms with van der Waals surface area (Å²) in [5, 5.41) is 6.19. The van der Waals surface area contributed by atoms with E-state index in [1.165, 1.54) is 0 Å². The number of rotatable bonds is 10. The number of ether oxygens (including phenoxy) is 3. The maximum absolute atomic E-state index is 12.8. The zero-order valence-corrected chi connectivity index (χ0v) is 19.7. The van der Waals surface area contributed by atoms with Crippen LogP contribution in [-0.2, 0) is 30.4 Å². The lowest BCUT2D eigenvalue weighted by Gasteiger charge is -2.32. The largest absolute Gasteiger partial charge is 0.465 e. The first-order valence-corrected chi connectivity index (χ1v) is 11.6. The molecule has 1 aliphatic heterocycles. The topological polar surface area (TPSA) is 103 Å². The molecule has 0 aromatic heterocycles. The van der Waals surface area contributed by atoms with E-state index in [4.69, 9.17) is 14.2 Å². The molecule has 34 heavy (non-hydrogen) atoms. The van der Waals surface area contributed by atoms with Gasteiger partial charge >= 0.3 is 18.0 Å². The van der Waals surface area contributed by atoms with Crippen molar-refractivity contribution in [3.05, 3.63) is 72.0 Å². The molecule has 1 heterocycles. The average Bonchev–Trinajstić information content (AvgIpc) is 3.26. The summed E-state index contributed by atoms with van der Waals surface area (Å²) in [5.41, 5.74) is 1.69. The number of alkyl carbamates (subject to hydrolysis) is 1. The maximum Gasteiger partial charge on any atom is 0.407 e. The fraction of sp³-hybridized carbons (Fsp3) is 0.423. The molecule has 1 aromatic rings. The Morgan fingerprint density at radius 2 is 1.62 bits per heavy atom. The molecule has 4 atom stereocenters. The molecule has 0 spiro atoms. The first-order chi connectivity index (χ1) is 16.5. The van der Waals surface area contributed by atoms with E-state index in [2.05, 4.69) is 10.6 Å². The van der Waals surface area contributed by atoms with Crippen LogP contribution in [0, 0.1) is 17.8 Å². The van der Waals surface area contributed by atoms with Crippen molar-refractivity contribution in [1.29, 1.82) is 0 Å². The Labute approximate surface area is 200 Å². The van der Waals surface area contributed by atoms with E-state index in [0.29, 0.717) is 0 Å². The minimum absolute atomic E-state index is 0.0282. The molecule has 0 saturated carbocycles. The van der Waals surface area contributed by atoms with E-state index in [0.717, 1.165) is 11.1 Å². The van der Waals surface area contributed by atoms with Crippen LogP contribution < -0.4 is 10.6 Å². The molecule has 1 aliphatic carbocycles. The summed E-state index contributed by atoms with van der Waals surface area (Å²) in [7, 11) is 0. The Morgan fingerprint density at radius 1 is 0.971 bits per heavy atom. The van der Waals surface area contributed by atoms with Gasteiger partial charge < -0.3 is 24.8 Å². The van der Waals surface area contributed by atoms with Gasteiger partial charge in [0.05, 0.1) is 25.3 Å². The predicted molar refractivity (Wildman–Crippen MR) is 126 cm³/mol. The second-order valence-electron chi connectivity index (χ2n) is 8.16. The van der Waals surface area contributed by atoms with Gasteiger partial charge in [0.15, 0.2) is 5.92 Å². The van der Waals surface area contributed by atoms with Crippen molar-refractivity contribution in [2.24, 2.45) is 17.8 Å². The van der Waals surface area contributed by atoms with Crippen LogP contribution in [0.1, 0.15) is 26.3 Å². The summed E-state index contributed by atoms with van der Waals surface area (Å²) in [6, 6.07) is 8.68. The number of carbonyl (C=O) groups excluding carboxylic acids is 3. The lowest BCUT2D eigenvalue weighted by Crippen LogP contribution is -2.48. The van der Waals surface area contributed by atoms with Crippen LogP contribution >= 0.6 is 0 Å². The summed E-state index contributed by atoms with van der Waals surface area (Å²) in [4.78, 5) is 38.4.